The average Bonchev–Trinajstić information content (AvgIpc) is 2.98. The van der Waals surface area contributed by atoms with Crippen molar-refractivity contribution in [2.24, 2.45) is 0 Å². The highest BCUT2D eigenvalue weighted by Gasteiger charge is 2.04. The zero-order chi connectivity index (χ0) is 12.5. The number of aromatic nitrogens is 6. The van der Waals surface area contributed by atoms with Gasteiger partial charge in [-0.05, 0) is 24.4 Å². The molecule has 3 aromatic rings. The normalized spacial score (nSPS) is 10.7. The predicted molar refractivity (Wildman–Crippen MR) is 72.0 cm³/mol. The van der Waals surface area contributed by atoms with Gasteiger partial charge in [-0.2, -0.15) is 9.97 Å². The van der Waals surface area contributed by atoms with E-state index >= 15 is 0 Å². The number of H-pyrrole nitrogens is 4. The zero-order valence-electron chi connectivity index (χ0n) is 9.02. The summed E-state index contributed by atoms with van der Waals surface area (Å²) in [6.07, 6.45) is 0. The third kappa shape index (κ3) is 2.03. The van der Waals surface area contributed by atoms with Crippen molar-refractivity contribution in [3.63, 3.8) is 0 Å². The maximum absolute atomic E-state index is 4.91. The van der Waals surface area contributed by atoms with E-state index in [-0.39, 0.29) is 0 Å². The van der Waals surface area contributed by atoms with Crippen LogP contribution in [0.25, 0.3) is 22.8 Å². The molecule has 0 saturated heterocycles. The first kappa shape index (κ1) is 11.1. The van der Waals surface area contributed by atoms with Crippen LogP contribution in [0.15, 0.2) is 24.3 Å². The molecule has 18 heavy (non-hydrogen) atoms. The van der Waals surface area contributed by atoms with Crippen LogP contribution < -0.4 is 0 Å². The van der Waals surface area contributed by atoms with Gasteiger partial charge in [0.05, 0.1) is 0 Å². The number of rotatable bonds is 2. The highest BCUT2D eigenvalue weighted by atomic mass is 32.1. The van der Waals surface area contributed by atoms with Gasteiger partial charge in [0.25, 0.3) is 0 Å². The van der Waals surface area contributed by atoms with Crippen molar-refractivity contribution < 1.29 is 0 Å². The Hall–Kier alpha value is -2.06. The number of hydrogen-bond donors (Lipinski definition) is 4. The molecule has 0 atom stereocenters. The lowest BCUT2D eigenvalue weighted by Crippen LogP contribution is -1.83. The minimum Gasteiger partial charge on any atom is -0.282 e. The summed E-state index contributed by atoms with van der Waals surface area (Å²) in [5, 5.41) is 11.3. The summed E-state index contributed by atoms with van der Waals surface area (Å²) in [7, 11) is 0. The number of hydrogen-bond acceptors (Lipinski definition) is 4. The summed E-state index contributed by atoms with van der Waals surface area (Å²) in [4.78, 5) is 8.29. The minimum atomic E-state index is 0.436. The molecule has 2 aromatic heterocycles. The van der Waals surface area contributed by atoms with Crippen molar-refractivity contribution in [1.29, 1.82) is 0 Å². The van der Waals surface area contributed by atoms with Gasteiger partial charge < -0.3 is 0 Å². The molecule has 0 fully saturated rings. The fourth-order valence-electron chi connectivity index (χ4n) is 1.60. The summed E-state index contributed by atoms with van der Waals surface area (Å²) in [5.41, 5.74) is 1.89. The Morgan fingerprint density at radius 2 is 1.06 bits per heavy atom. The first-order chi connectivity index (χ1) is 8.72. The second-order valence-corrected chi connectivity index (χ2v) is 4.38. The summed E-state index contributed by atoms with van der Waals surface area (Å²) < 4.78 is 0.871. The van der Waals surface area contributed by atoms with Crippen molar-refractivity contribution in [2.75, 3.05) is 0 Å². The van der Waals surface area contributed by atoms with Crippen LogP contribution in [0.2, 0.25) is 0 Å². The van der Waals surface area contributed by atoms with E-state index in [1.807, 2.05) is 24.3 Å². The van der Waals surface area contributed by atoms with Gasteiger partial charge in [0, 0.05) is 11.1 Å². The monoisotopic (exact) mass is 276 g/mol. The predicted octanol–water partition coefficient (Wildman–Crippen LogP) is 2.58. The average molecular weight is 276 g/mol. The smallest absolute Gasteiger partial charge is 0.213 e. The van der Waals surface area contributed by atoms with E-state index in [1.165, 1.54) is 0 Å². The Bertz CT molecular complexity index is 708. The maximum atomic E-state index is 4.91. The SMILES string of the molecule is S=c1nc(-c2ccc(-c3nc(=S)[nH][nH]3)cc2)[nH][nH]1. The summed E-state index contributed by atoms with van der Waals surface area (Å²) in [6.45, 7) is 0. The second kappa shape index (κ2) is 4.31. The van der Waals surface area contributed by atoms with E-state index < -0.39 is 0 Å². The van der Waals surface area contributed by atoms with Gasteiger partial charge in [0.2, 0.25) is 9.54 Å². The number of nitrogens with one attached hydrogen (secondary N) is 4. The van der Waals surface area contributed by atoms with Crippen molar-refractivity contribution >= 4 is 24.4 Å². The van der Waals surface area contributed by atoms with Crippen LogP contribution in [-0.4, -0.2) is 30.4 Å². The lowest BCUT2D eigenvalue weighted by molar-refractivity contribution is 1.08. The summed E-state index contributed by atoms with van der Waals surface area (Å²) >= 11 is 9.82. The molecule has 0 aliphatic heterocycles. The molecular weight excluding hydrogens is 268 g/mol. The van der Waals surface area contributed by atoms with Crippen LogP contribution in [-0.2, 0) is 0 Å². The largest absolute Gasteiger partial charge is 0.282 e. The van der Waals surface area contributed by atoms with Gasteiger partial charge in [-0.3, -0.25) is 20.4 Å². The molecule has 8 heteroatoms. The van der Waals surface area contributed by atoms with E-state index in [2.05, 4.69) is 30.4 Å². The van der Waals surface area contributed by atoms with Crippen LogP contribution in [0.3, 0.4) is 0 Å². The topological polar surface area (TPSA) is 88.9 Å². The van der Waals surface area contributed by atoms with E-state index in [9.17, 15) is 0 Å². The van der Waals surface area contributed by atoms with Gasteiger partial charge in [0.1, 0.15) is 0 Å². The lowest BCUT2D eigenvalue weighted by Gasteiger charge is -1.98. The highest BCUT2D eigenvalue weighted by molar-refractivity contribution is 7.71. The van der Waals surface area contributed by atoms with Gasteiger partial charge >= 0.3 is 0 Å². The molecule has 0 spiro atoms. The van der Waals surface area contributed by atoms with Gasteiger partial charge in [-0.1, -0.05) is 24.3 Å². The highest BCUT2D eigenvalue weighted by Crippen LogP contribution is 2.19. The first-order valence-corrected chi connectivity index (χ1v) is 5.94. The van der Waals surface area contributed by atoms with E-state index in [0.29, 0.717) is 21.2 Å². The van der Waals surface area contributed by atoms with Crippen molar-refractivity contribution in [3.8, 4) is 22.8 Å². The van der Waals surface area contributed by atoms with Crippen LogP contribution >= 0.6 is 24.4 Å². The molecule has 0 radical (unpaired) electrons. The fraction of sp³-hybridized carbons (Fsp3) is 0. The van der Waals surface area contributed by atoms with Gasteiger partial charge in [-0.15, -0.1) is 0 Å². The van der Waals surface area contributed by atoms with Crippen molar-refractivity contribution in [3.05, 3.63) is 33.8 Å². The zero-order valence-corrected chi connectivity index (χ0v) is 10.7. The van der Waals surface area contributed by atoms with Gasteiger partial charge in [0.15, 0.2) is 11.6 Å². The van der Waals surface area contributed by atoms with Crippen LogP contribution in [0.1, 0.15) is 0 Å². The number of nitrogens with zero attached hydrogens (tertiary/aromatic N) is 2. The Morgan fingerprint density at radius 1 is 0.667 bits per heavy atom. The molecule has 0 bridgehead atoms. The molecular formula is C10H8N6S2. The number of benzene rings is 1. The molecule has 6 nitrogen and oxygen atoms in total. The first-order valence-electron chi connectivity index (χ1n) is 5.12. The van der Waals surface area contributed by atoms with Crippen molar-refractivity contribution in [2.45, 2.75) is 0 Å². The minimum absolute atomic E-state index is 0.436. The summed E-state index contributed by atoms with van der Waals surface area (Å²) in [6, 6.07) is 7.73. The van der Waals surface area contributed by atoms with E-state index in [4.69, 9.17) is 24.4 Å². The third-order valence-electron chi connectivity index (χ3n) is 2.43. The van der Waals surface area contributed by atoms with Gasteiger partial charge in [-0.25, -0.2) is 0 Å². The standard InChI is InChI=1S/C10H8N6S2/c17-9-11-7(13-15-9)5-1-2-6(4-3-5)8-12-10(18)16-14-8/h1-4H,(H2,11,13,15,17)(H2,12,14,16,18). The molecule has 1 aromatic carbocycles. The number of aromatic amines is 4. The summed E-state index contributed by atoms with van der Waals surface area (Å²) in [5.74, 6) is 1.42. The van der Waals surface area contributed by atoms with Crippen molar-refractivity contribution in [1.82, 2.24) is 30.4 Å². The molecule has 0 amide bonds. The quantitative estimate of drug-likeness (QED) is 0.542. The van der Waals surface area contributed by atoms with Crippen LogP contribution in [0, 0.1) is 9.54 Å². The molecule has 0 saturated carbocycles. The fourth-order valence-corrected chi connectivity index (χ4v) is 1.88. The Morgan fingerprint density at radius 3 is 1.33 bits per heavy atom. The molecule has 0 unspecified atom stereocenters. The Labute approximate surface area is 111 Å². The van der Waals surface area contributed by atoms with Crippen LogP contribution in [0.5, 0.6) is 0 Å². The molecule has 2 heterocycles. The van der Waals surface area contributed by atoms with E-state index in [0.717, 1.165) is 11.1 Å². The van der Waals surface area contributed by atoms with E-state index in [1.54, 1.807) is 0 Å². The Kier molecular flexibility index (Phi) is 2.65. The lowest BCUT2D eigenvalue weighted by atomic mass is 10.1. The maximum Gasteiger partial charge on any atom is 0.213 e. The third-order valence-corrected chi connectivity index (χ3v) is 2.82. The molecule has 3 rings (SSSR count). The molecule has 0 aliphatic rings. The second-order valence-electron chi connectivity index (χ2n) is 3.61. The molecule has 90 valence electrons. The molecule has 4 N–H and O–H groups in total. The Balaban J connectivity index is 1.98. The molecule has 0 aliphatic carbocycles. The van der Waals surface area contributed by atoms with Crippen LogP contribution in [0.4, 0.5) is 0 Å².